The van der Waals surface area contributed by atoms with Gasteiger partial charge in [0.25, 0.3) is 0 Å². The summed E-state index contributed by atoms with van der Waals surface area (Å²) in [5.41, 5.74) is 3.64. The van der Waals surface area contributed by atoms with E-state index in [-0.39, 0.29) is 23.3 Å². The normalized spacial score (nSPS) is 35.3. The van der Waals surface area contributed by atoms with Crippen LogP contribution in [0.15, 0.2) is 72.4 Å². The fraction of sp³-hybridized carbons (Fsp3) is 0.515. The van der Waals surface area contributed by atoms with Crippen molar-refractivity contribution in [3.05, 3.63) is 83.6 Å². The highest BCUT2D eigenvalue weighted by atomic mass is 16.2. The second kappa shape index (κ2) is 9.45. The summed E-state index contributed by atoms with van der Waals surface area (Å²) in [6.45, 7) is 4.84. The summed E-state index contributed by atoms with van der Waals surface area (Å²) in [4.78, 5) is 27.1. The SMILES string of the molecule is C[C@@]12CCC[C@H]1[C@@H]1CC=C3NC(=O)C(C(=O)NC(Cc4ccccc4)c4ccccc4)C[C@]3(C)[C@@H]1CC2. The number of fused-ring (bicyclic) bond motifs is 5. The van der Waals surface area contributed by atoms with E-state index < -0.39 is 5.92 Å². The zero-order valence-corrected chi connectivity index (χ0v) is 22.2. The molecule has 7 atom stereocenters. The maximum Gasteiger partial charge on any atom is 0.236 e. The maximum atomic E-state index is 13.8. The Hall–Kier alpha value is -2.88. The van der Waals surface area contributed by atoms with E-state index in [1.165, 1.54) is 37.7 Å². The highest BCUT2D eigenvalue weighted by molar-refractivity contribution is 6.02. The van der Waals surface area contributed by atoms with E-state index >= 15 is 0 Å². The molecular weight excluding hydrogens is 456 g/mol. The topological polar surface area (TPSA) is 58.2 Å². The van der Waals surface area contributed by atoms with E-state index in [0.717, 1.165) is 23.6 Å². The molecule has 4 aliphatic rings. The Bertz CT molecular complexity index is 1190. The molecule has 4 nitrogen and oxygen atoms in total. The van der Waals surface area contributed by atoms with Gasteiger partial charge in [0.2, 0.25) is 11.8 Å². The number of nitrogens with one attached hydrogen (secondary N) is 2. The third-order valence-corrected chi connectivity index (χ3v) is 10.6. The van der Waals surface area contributed by atoms with Crippen LogP contribution in [0.25, 0.3) is 0 Å². The van der Waals surface area contributed by atoms with Crippen LogP contribution >= 0.6 is 0 Å². The number of rotatable bonds is 5. The minimum absolute atomic E-state index is 0.146. The molecule has 2 aromatic carbocycles. The van der Waals surface area contributed by atoms with Gasteiger partial charge in [0.1, 0.15) is 5.92 Å². The van der Waals surface area contributed by atoms with Crippen LogP contribution in [0.5, 0.6) is 0 Å². The highest BCUT2D eigenvalue weighted by Crippen LogP contribution is 2.64. The molecule has 0 spiro atoms. The van der Waals surface area contributed by atoms with Crippen molar-refractivity contribution in [1.29, 1.82) is 0 Å². The molecule has 0 aromatic heterocycles. The molecule has 6 rings (SSSR count). The molecule has 0 radical (unpaired) electrons. The highest BCUT2D eigenvalue weighted by Gasteiger charge is 2.58. The molecule has 1 aliphatic heterocycles. The Balaban J connectivity index is 1.24. The Morgan fingerprint density at radius 3 is 2.49 bits per heavy atom. The van der Waals surface area contributed by atoms with Gasteiger partial charge in [-0.1, -0.05) is 87.0 Å². The molecule has 0 bridgehead atoms. The number of piperidine rings is 1. The third-order valence-electron chi connectivity index (χ3n) is 10.6. The number of benzene rings is 2. The summed E-state index contributed by atoms with van der Waals surface area (Å²) in [7, 11) is 0. The van der Waals surface area contributed by atoms with E-state index in [1.807, 2.05) is 36.4 Å². The van der Waals surface area contributed by atoms with Gasteiger partial charge in [0.05, 0.1) is 6.04 Å². The fourth-order valence-electron chi connectivity index (χ4n) is 8.55. The first kappa shape index (κ1) is 24.5. The van der Waals surface area contributed by atoms with Crippen LogP contribution in [0.4, 0.5) is 0 Å². The summed E-state index contributed by atoms with van der Waals surface area (Å²) in [5.74, 6) is 1.02. The van der Waals surface area contributed by atoms with Crippen molar-refractivity contribution in [2.45, 2.75) is 71.3 Å². The molecule has 1 saturated heterocycles. The van der Waals surface area contributed by atoms with Crippen LogP contribution in [-0.2, 0) is 16.0 Å². The summed E-state index contributed by atoms with van der Waals surface area (Å²) >= 11 is 0. The average Bonchev–Trinajstić information content (AvgIpc) is 3.31. The van der Waals surface area contributed by atoms with Gasteiger partial charge < -0.3 is 10.6 Å². The van der Waals surface area contributed by atoms with Gasteiger partial charge in [0, 0.05) is 11.1 Å². The van der Waals surface area contributed by atoms with Crippen molar-refractivity contribution in [2.75, 3.05) is 0 Å². The van der Waals surface area contributed by atoms with Crippen molar-refractivity contribution >= 4 is 11.8 Å². The summed E-state index contributed by atoms with van der Waals surface area (Å²) in [6, 6.07) is 20.2. The second-order valence-electron chi connectivity index (χ2n) is 12.6. The molecule has 4 heteroatoms. The first-order valence-electron chi connectivity index (χ1n) is 14.3. The van der Waals surface area contributed by atoms with E-state index in [2.05, 4.69) is 54.8 Å². The number of hydrogen-bond donors (Lipinski definition) is 2. The lowest BCUT2D eigenvalue weighted by molar-refractivity contribution is -0.141. The quantitative estimate of drug-likeness (QED) is 0.474. The van der Waals surface area contributed by atoms with Gasteiger partial charge in [-0.25, -0.2) is 0 Å². The van der Waals surface area contributed by atoms with Gasteiger partial charge in [-0.2, -0.15) is 0 Å². The molecule has 194 valence electrons. The van der Waals surface area contributed by atoms with E-state index in [1.54, 1.807) is 0 Å². The smallest absolute Gasteiger partial charge is 0.236 e. The molecule has 1 heterocycles. The van der Waals surface area contributed by atoms with Crippen LogP contribution in [-0.4, -0.2) is 11.8 Å². The first-order valence-corrected chi connectivity index (χ1v) is 14.3. The predicted octanol–water partition coefficient (Wildman–Crippen LogP) is 6.35. The van der Waals surface area contributed by atoms with E-state index in [4.69, 9.17) is 0 Å². The van der Waals surface area contributed by atoms with Crippen molar-refractivity contribution in [3.8, 4) is 0 Å². The summed E-state index contributed by atoms with van der Waals surface area (Å²) in [5, 5.41) is 6.51. The molecule has 2 N–H and O–H groups in total. The number of carbonyl (C=O) groups is 2. The molecule has 3 aliphatic carbocycles. The van der Waals surface area contributed by atoms with Crippen LogP contribution < -0.4 is 10.6 Å². The molecule has 3 fully saturated rings. The Morgan fingerprint density at radius 1 is 1.00 bits per heavy atom. The largest absolute Gasteiger partial charge is 0.348 e. The Kier molecular flexibility index (Phi) is 6.25. The molecule has 2 saturated carbocycles. The van der Waals surface area contributed by atoms with E-state index in [9.17, 15) is 9.59 Å². The van der Waals surface area contributed by atoms with Crippen molar-refractivity contribution in [3.63, 3.8) is 0 Å². The molecule has 2 unspecified atom stereocenters. The van der Waals surface area contributed by atoms with Crippen molar-refractivity contribution < 1.29 is 9.59 Å². The molecule has 2 amide bonds. The first-order chi connectivity index (χ1) is 17.9. The molecule has 37 heavy (non-hydrogen) atoms. The standard InChI is InChI=1S/C33H40N2O2/c1-32-18-9-14-26(32)24-15-16-29-33(2,27(24)17-19-32)21-25(31(37)35-29)30(36)34-28(23-12-7-4-8-13-23)20-22-10-5-3-6-11-22/h3-8,10-13,16,24-28H,9,14-15,17-21H2,1-2H3,(H,34,36)(H,35,37)/t24-,25?,26-,27+,28?,32-,33+/m0/s1. The zero-order chi connectivity index (χ0) is 25.6. The number of allylic oxidation sites excluding steroid dienone is 2. The van der Waals surface area contributed by atoms with Crippen molar-refractivity contribution in [2.24, 2.45) is 34.5 Å². The molecular formula is C33H40N2O2. The van der Waals surface area contributed by atoms with Crippen LogP contribution in [0.1, 0.15) is 76.0 Å². The second-order valence-corrected chi connectivity index (χ2v) is 12.6. The lowest BCUT2D eigenvalue weighted by Gasteiger charge is -2.57. The van der Waals surface area contributed by atoms with Crippen LogP contribution in [0, 0.1) is 34.5 Å². The predicted molar refractivity (Wildman–Crippen MR) is 146 cm³/mol. The van der Waals surface area contributed by atoms with Gasteiger partial charge >= 0.3 is 0 Å². The van der Waals surface area contributed by atoms with Crippen molar-refractivity contribution in [1.82, 2.24) is 10.6 Å². The number of amides is 2. The fourth-order valence-corrected chi connectivity index (χ4v) is 8.55. The lowest BCUT2D eigenvalue weighted by atomic mass is 9.49. The summed E-state index contributed by atoms with van der Waals surface area (Å²) in [6.07, 6.45) is 11.2. The zero-order valence-electron chi connectivity index (χ0n) is 22.2. The number of carbonyl (C=O) groups excluding carboxylic acids is 2. The lowest BCUT2D eigenvalue weighted by Crippen LogP contribution is -2.57. The monoisotopic (exact) mass is 496 g/mol. The van der Waals surface area contributed by atoms with Gasteiger partial charge in [-0.05, 0) is 79.2 Å². The van der Waals surface area contributed by atoms with Gasteiger partial charge in [0.15, 0.2) is 0 Å². The van der Waals surface area contributed by atoms with Crippen LogP contribution in [0.2, 0.25) is 0 Å². The molecule has 2 aromatic rings. The third kappa shape index (κ3) is 4.32. The van der Waals surface area contributed by atoms with E-state index in [0.29, 0.717) is 30.1 Å². The minimum atomic E-state index is -0.667. The van der Waals surface area contributed by atoms with Crippen LogP contribution in [0.3, 0.4) is 0 Å². The Morgan fingerprint density at radius 2 is 1.73 bits per heavy atom. The maximum absolute atomic E-state index is 13.8. The minimum Gasteiger partial charge on any atom is -0.348 e. The average molecular weight is 497 g/mol. The number of hydrogen-bond acceptors (Lipinski definition) is 2. The summed E-state index contributed by atoms with van der Waals surface area (Å²) < 4.78 is 0. The Labute approximate surface area is 221 Å². The van der Waals surface area contributed by atoms with Gasteiger partial charge in [-0.15, -0.1) is 0 Å². The van der Waals surface area contributed by atoms with Gasteiger partial charge in [-0.3, -0.25) is 9.59 Å².